The van der Waals surface area contributed by atoms with Crippen molar-refractivity contribution in [2.45, 2.75) is 17.4 Å². The van der Waals surface area contributed by atoms with Gasteiger partial charge in [0.05, 0.1) is 11.2 Å². The van der Waals surface area contributed by atoms with Crippen molar-refractivity contribution in [3.05, 3.63) is 54.2 Å². The number of aliphatic hydroxyl groups is 1. The van der Waals surface area contributed by atoms with Gasteiger partial charge in [0.15, 0.2) is 0 Å². The number of sulfonamides is 1. The number of rotatable bonds is 6. The third-order valence-electron chi connectivity index (χ3n) is 2.71. The van der Waals surface area contributed by atoms with E-state index in [1.807, 2.05) is 0 Å². The molecule has 0 radical (unpaired) electrons. The van der Waals surface area contributed by atoms with Gasteiger partial charge in [-0.25, -0.2) is 17.5 Å². The van der Waals surface area contributed by atoms with Crippen LogP contribution in [0.2, 0.25) is 0 Å². The predicted molar refractivity (Wildman–Crippen MR) is 69.9 cm³/mol. The summed E-state index contributed by atoms with van der Waals surface area (Å²) in [5.41, 5.74) is 0. The lowest BCUT2D eigenvalue weighted by molar-refractivity contribution is 0.142. The van der Waals surface area contributed by atoms with Crippen LogP contribution in [0.4, 0.5) is 4.39 Å². The summed E-state index contributed by atoms with van der Waals surface area (Å²) in [5.74, 6) is -0.122. The monoisotopic (exact) mass is 299 g/mol. The minimum Gasteiger partial charge on any atom is -0.467 e. The maximum absolute atomic E-state index is 12.7. The summed E-state index contributed by atoms with van der Waals surface area (Å²) in [6.07, 6.45) is 0.732. The highest BCUT2D eigenvalue weighted by Crippen LogP contribution is 2.16. The lowest BCUT2D eigenvalue weighted by atomic mass is 10.2. The van der Waals surface area contributed by atoms with E-state index in [0.717, 1.165) is 12.1 Å². The first kappa shape index (κ1) is 14.7. The van der Waals surface area contributed by atoms with Crippen LogP contribution < -0.4 is 4.72 Å². The van der Waals surface area contributed by atoms with Crippen molar-refractivity contribution < 1.29 is 22.3 Å². The molecule has 20 heavy (non-hydrogen) atoms. The average molecular weight is 299 g/mol. The highest BCUT2D eigenvalue weighted by atomic mass is 32.2. The van der Waals surface area contributed by atoms with E-state index in [0.29, 0.717) is 5.76 Å². The number of benzene rings is 1. The van der Waals surface area contributed by atoms with Gasteiger partial charge in [-0.15, -0.1) is 0 Å². The zero-order chi connectivity index (χ0) is 14.6. The summed E-state index contributed by atoms with van der Waals surface area (Å²) < 4.78 is 43.8. The quantitative estimate of drug-likeness (QED) is 0.852. The topological polar surface area (TPSA) is 79.5 Å². The second kappa shape index (κ2) is 6.17. The standard InChI is InChI=1S/C13H14FNO4S/c14-10-3-5-11(6-4-10)20(17,18)15-8-7-12(16)13-2-1-9-19-13/h1-6,9,12,15-16H,7-8H2. The Balaban J connectivity index is 1.91. The molecule has 5 nitrogen and oxygen atoms in total. The number of aliphatic hydroxyl groups excluding tert-OH is 1. The summed E-state index contributed by atoms with van der Waals surface area (Å²) in [5, 5.41) is 9.74. The molecule has 1 aromatic carbocycles. The molecular weight excluding hydrogens is 285 g/mol. The predicted octanol–water partition coefficient (Wildman–Crippen LogP) is 1.82. The van der Waals surface area contributed by atoms with Gasteiger partial charge in [-0.2, -0.15) is 0 Å². The summed E-state index contributed by atoms with van der Waals surface area (Å²) in [6.45, 7) is 0.0432. The summed E-state index contributed by atoms with van der Waals surface area (Å²) >= 11 is 0. The van der Waals surface area contributed by atoms with E-state index >= 15 is 0 Å². The van der Waals surface area contributed by atoms with Crippen molar-refractivity contribution in [2.75, 3.05) is 6.54 Å². The van der Waals surface area contributed by atoms with Gasteiger partial charge < -0.3 is 9.52 Å². The van der Waals surface area contributed by atoms with E-state index in [4.69, 9.17) is 4.42 Å². The Morgan fingerprint density at radius 1 is 1.25 bits per heavy atom. The Labute approximate surface area is 116 Å². The van der Waals surface area contributed by atoms with Gasteiger partial charge in [-0.3, -0.25) is 0 Å². The Morgan fingerprint density at radius 3 is 2.55 bits per heavy atom. The molecular formula is C13H14FNO4S. The second-order valence-electron chi connectivity index (χ2n) is 4.17. The van der Waals surface area contributed by atoms with Crippen molar-refractivity contribution in [1.82, 2.24) is 4.72 Å². The molecule has 0 fully saturated rings. The second-order valence-corrected chi connectivity index (χ2v) is 5.94. The highest BCUT2D eigenvalue weighted by molar-refractivity contribution is 7.89. The number of halogens is 1. The molecule has 2 aromatic rings. The zero-order valence-corrected chi connectivity index (χ0v) is 11.3. The van der Waals surface area contributed by atoms with Crippen molar-refractivity contribution in [2.24, 2.45) is 0 Å². The molecule has 0 bridgehead atoms. The van der Waals surface area contributed by atoms with Crippen LogP contribution in [0.15, 0.2) is 52.0 Å². The van der Waals surface area contributed by atoms with E-state index in [2.05, 4.69) is 4.72 Å². The van der Waals surface area contributed by atoms with Gasteiger partial charge in [-0.1, -0.05) is 0 Å². The van der Waals surface area contributed by atoms with Gasteiger partial charge in [-0.05, 0) is 42.8 Å². The molecule has 7 heteroatoms. The van der Waals surface area contributed by atoms with E-state index in [9.17, 15) is 17.9 Å². The number of furan rings is 1. The Hall–Kier alpha value is -1.70. The van der Waals surface area contributed by atoms with Gasteiger partial charge in [0.2, 0.25) is 10.0 Å². The smallest absolute Gasteiger partial charge is 0.240 e. The molecule has 0 saturated carbocycles. The summed E-state index contributed by atoms with van der Waals surface area (Å²) in [4.78, 5) is -0.0219. The van der Waals surface area contributed by atoms with Crippen LogP contribution in [0, 0.1) is 5.82 Å². The van der Waals surface area contributed by atoms with Crippen LogP contribution >= 0.6 is 0 Å². The van der Waals surface area contributed by atoms with Crippen molar-refractivity contribution >= 4 is 10.0 Å². The fourth-order valence-corrected chi connectivity index (χ4v) is 2.70. The van der Waals surface area contributed by atoms with Crippen LogP contribution in [-0.2, 0) is 10.0 Å². The minimum atomic E-state index is -3.70. The van der Waals surface area contributed by atoms with Crippen molar-refractivity contribution in [3.63, 3.8) is 0 Å². The Morgan fingerprint density at radius 2 is 1.95 bits per heavy atom. The third kappa shape index (κ3) is 3.66. The molecule has 0 aliphatic rings. The van der Waals surface area contributed by atoms with Gasteiger partial charge >= 0.3 is 0 Å². The maximum Gasteiger partial charge on any atom is 0.240 e. The summed E-state index contributed by atoms with van der Waals surface area (Å²) in [6, 6.07) is 7.76. The van der Waals surface area contributed by atoms with E-state index in [-0.39, 0.29) is 17.9 Å². The van der Waals surface area contributed by atoms with E-state index < -0.39 is 21.9 Å². The molecule has 1 unspecified atom stereocenters. The molecule has 0 spiro atoms. The summed E-state index contributed by atoms with van der Waals surface area (Å²) in [7, 11) is -3.70. The molecule has 2 rings (SSSR count). The Bertz CT molecular complexity index is 638. The fraction of sp³-hybridized carbons (Fsp3) is 0.231. The van der Waals surface area contributed by atoms with Crippen molar-refractivity contribution in [3.8, 4) is 0 Å². The average Bonchev–Trinajstić information content (AvgIpc) is 2.93. The molecule has 108 valence electrons. The highest BCUT2D eigenvalue weighted by Gasteiger charge is 2.15. The molecule has 1 atom stereocenters. The molecule has 1 heterocycles. The van der Waals surface area contributed by atoms with E-state index in [1.165, 1.54) is 18.4 Å². The number of hydrogen-bond acceptors (Lipinski definition) is 4. The van der Waals surface area contributed by atoms with Crippen LogP contribution in [0.1, 0.15) is 18.3 Å². The maximum atomic E-state index is 12.7. The van der Waals surface area contributed by atoms with Crippen LogP contribution in [0.3, 0.4) is 0 Å². The van der Waals surface area contributed by atoms with Crippen LogP contribution in [0.5, 0.6) is 0 Å². The lowest BCUT2D eigenvalue weighted by Crippen LogP contribution is -2.25. The minimum absolute atomic E-state index is 0.0219. The fourth-order valence-electron chi connectivity index (χ4n) is 1.65. The first-order valence-corrected chi connectivity index (χ1v) is 7.44. The first-order valence-electron chi connectivity index (χ1n) is 5.96. The van der Waals surface area contributed by atoms with Gasteiger partial charge in [0.1, 0.15) is 17.7 Å². The van der Waals surface area contributed by atoms with Gasteiger partial charge in [0.25, 0.3) is 0 Å². The number of hydrogen-bond donors (Lipinski definition) is 2. The van der Waals surface area contributed by atoms with E-state index in [1.54, 1.807) is 12.1 Å². The Kier molecular flexibility index (Phi) is 4.53. The van der Waals surface area contributed by atoms with Gasteiger partial charge in [0, 0.05) is 6.54 Å². The zero-order valence-electron chi connectivity index (χ0n) is 10.5. The van der Waals surface area contributed by atoms with Crippen LogP contribution in [0.25, 0.3) is 0 Å². The SMILES string of the molecule is O=S(=O)(NCCC(O)c1ccco1)c1ccc(F)cc1. The lowest BCUT2D eigenvalue weighted by Gasteiger charge is -2.09. The third-order valence-corrected chi connectivity index (χ3v) is 4.18. The molecule has 0 aliphatic heterocycles. The first-order chi connectivity index (χ1) is 9.49. The molecule has 0 saturated heterocycles. The molecule has 2 N–H and O–H groups in total. The molecule has 0 aliphatic carbocycles. The largest absolute Gasteiger partial charge is 0.467 e. The molecule has 0 amide bonds. The van der Waals surface area contributed by atoms with Crippen molar-refractivity contribution in [1.29, 1.82) is 0 Å². The van der Waals surface area contributed by atoms with Crippen LogP contribution in [-0.4, -0.2) is 20.1 Å². The number of nitrogens with one attached hydrogen (secondary N) is 1. The molecule has 1 aromatic heterocycles. The normalized spacial score (nSPS) is 13.3.